The molecule has 2 aromatic carbocycles. The van der Waals surface area contributed by atoms with Gasteiger partial charge in [-0.05, 0) is 36.5 Å². The van der Waals surface area contributed by atoms with E-state index in [-0.39, 0.29) is 28.9 Å². The van der Waals surface area contributed by atoms with Crippen LogP contribution in [0.5, 0.6) is 0 Å². The maximum absolute atomic E-state index is 14.4. The predicted molar refractivity (Wildman–Crippen MR) is 100.0 cm³/mol. The van der Waals surface area contributed by atoms with Crippen molar-refractivity contribution in [3.05, 3.63) is 77.3 Å². The van der Waals surface area contributed by atoms with E-state index in [1.807, 2.05) is 30.3 Å². The molecule has 6 heteroatoms. The number of carbonyl (C=O) groups excluding carboxylic acids is 1. The molecule has 1 aliphatic rings. The summed E-state index contributed by atoms with van der Waals surface area (Å²) in [7, 11) is 0. The van der Waals surface area contributed by atoms with Gasteiger partial charge in [0.15, 0.2) is 0 Å². The smallest absolute Gasteiger partial charge is 0.237 e. The third-order valence-corrected chi connectivity index (χ3v) is 4.39. The monoisotopic (exact) mass is 374 g/mol. The Hall–Kier alpha value is -2.37. The highest BCUT2D eigenvalue weighted by atomic mass is 35.5. The molecule has 0 unspecified atom stereocenters. The number of rotatable bonds is 8. The standard InChI is InChI=1S/C20H20ClFN2O2/c1-14(23-26-13-16-10-11-16)24(20-17(21)8-5-9-18(20)22)19(25)12-15-6-3-2-4-7-15/h2-9,16,23H,1,10-13H2. The van der Waals surface area contributed by atoms with Crippen molar-refractivity contribution in [1.82, 2.24) is 5.48 Å². The largest absolute Gasteiger partial charge is 0.275 e. The summed E-state index contributed by atoms with van der Waals surface area (Å²) in [6, 6.07) is 13.5. The Labute approximate surface area is 157 Å². The summed E-state index contributed by atoms with van der Waals surface area (Å²) in [4.78, 5) is 19.4. The number of anilines is 1. The summed E-state index contributed by atoms with van der Waals surface area (Å²) < 4.78 is 14.4. The molecule has 3 rings (SSSR count). The van der Waals surface area contributed by atoms with Crippen molar-refractivity contribution in [3.8, 4) is 0 Å². The number of carbonyl (C=O) groups is 1. The van der Waals surface area contributed by atoms with Crippen LogP contribution in [0.1, 0.15) is 18.4 Å². The van der Waals surface area contributed by atoms with E-state index in [0.29, 0.717) is 12.5 Å². The molecule has 1 amide bonds. The summed E-state index contributed by atoms with van der Waals surface area (Å²) in [5, 5.41) is 0.122. The summed E-state index contributed by atoms with van der Waals surface area (Å²) >= 11 is 6.17. The molecule has 1 aliphatic carbocycles. The lowest BCUT2D eigenvalue weighted by molar-refractivity contribution is -0.118. The van der Waals surface area contributed by atoms with Gasteiger partial charge in [0.2, 0.25) is 5.91 Å². The number of hydrogen-bond donors (Lipinski definition) is 1. The van der Waals surface area contributed by atoms with E-state index < -0.39 is 5.82 Å². The van der Waals surface area contributed by atoms with E-state index in [1.54, 1.807) is 0 Å². The highest BCUT2D eigenvalue weighted by Crippen LogP contribution is 2.32. The molecule has 0 bridgehead atoms. The third-order valence-electron chi connectivity index (χ3n) is 4.08. The first-order chi connectivity index (χ1) is 12.6. The van der Waals surface area contributed by atoms with E-state index in [4.69, 9.17) is 16.4 Å². The second-order valence-corrected chi connectivity index (χ2v) is 6.67. The number of hydroxylamine groups is 1. The summed E-state index contributed by atoms with van der Waals surface area (Å²) in [6.45, 7) is 4.36. The minimum absolute atomic E-state index is 0.0392. The Bertz CT molecular complexity index is 773. The van der Waals surface area contributed by atoms with Gasteiger partial charge in [-0.1, -0.05) is 54.6 Å². The first-order valence-corrected chi connectivity index (χ1v) is 8.81. The van der Waals surface area contributed by atoms with Crippen molar-refractivity contribution in [2.75, 3.05) is 11.5 Å². The fourth-order valence-corrected chi connectivity index (χ4v) is 2.78. The zero-order valence-corrected chi connectivity index (χ0v) is 15.0. The van der Waals surface area contributed by atoms with Gasteiger partial charge in [-0.15, -0.1) is 0 Å². The normalized spacial score (nSPS) is 13.3. The molecule has 1 saturated carbocycles. The van der Waals surface area contributed by atoms with Crippen LogP contribution >= 0.6 is 11.6 Å². The lowest BCUT2D eigenvalue weighted by atomic mass is 10.1. The molecule has 4 nitrogen and oxygen atoms in total. The van der Waals surface area contributed by atoms with Crippen LogP contribution in [0.25, 0.3) is 0 Å². The van der Waals surface area contributed by atoms with Crippen LogP contribution in [0.3, 0.4) is 0 Å². The van der Waals surface area contributed by atoms with E-state index in [0.717, 1.165) is 23.3 Å². The highest BCUT2D eigenvalue weighted by Gasteiger charge is 2.26. The van der Waals surface area contributed by atoms with E-state index >= 15 is 0 Å². The first kappa shape index (κ1) is 18.4. The third kappa shape index (κ3) is 4.62. The molecule has 0 aliphatic heterocycles. The second-order valence-electron chi connectivity index (χ2n) is 6.26. The zero-order valence-electron chi connectivity index (χ0n) is 14.3. The molecule has 2 aromatic rings. The Kier molecular flexibility index (Phi) is 5.91. The SMILES string of the molecule is C=C(NOCC1CC1)N(C(=O)Cc1ccccc1)c1c(F)cccc1Cl. The number of para-hydroxylation sites is 1. The van der Waals surface area contributed by atoms with Crippen LogP contribution in [0.2, 0.25) is 5.02 Å². The molecular formula is C20H20ClFN2O2. The molecular weight excluding hydrogens is 355 g/mol. The minimum atomic E-state index is -0.607. The Morgan fingerprint density at radius 3 is 2.62 bits per heavy atom. The van der Waals surface area contributed by atoms with Gasteiger partial charge in [0.1, 0.15) is 17.3 Å². The molecule has 1 fully saturated rings. The molecule has 1 N–H and O–H groups in total. The van der Waals surface area contributed by atoms with Crippen LogP contribution < -0.4 is 10.4 Å². The number of benzene rings is 2. The van der Waals surface area contributed by atoms with E-state index in [9.17, 15) is 9.18 Å². The first-order valence-electron chi connectivity index (χ1n) is 8.44. The quantitative estimate of drug-likeness (QED) is 0.694. The maximum Gasteiger partial charge on any atom is 0.237 e. The van der Waals surface area contributed by atoms with E-state index in [2.05, 4.69) is 12.1 Å². The lowest BCUT2D eigenvalue weighted by Crippen LogP contribution is -2.38. The fraction of sp³-hybridized carbons (Fsp3) is 0.250. The molecule has 0 saturated heterocycles. The van der Waals surface area contributed by atoms with Gasteiger partial charge in [0.05, 0.1) is 18.1 Å². The van der Waals surface area contributed by atoms with Gasteiger partial charge in [-0.2, -0.15) is 0 Å². The van der Waals surface area contributed by atoms with Gasteiger partial charge in [0.25, 0.3) is 0 Å². The van der Waals surface area contributed by atoms with Gasteiger partial charge in [-0.3, -0.25) is 20.0 Å². The number of hydrogen-bond acceptors (Lipinski definition) is 3. The van der Waals surface area contributed by atoms with Gasteiger partial charge in [0, 0.05) is 0 Å². The van der Waals surface area contributed by atoms with Crippen molar-refractivity contribution >= 4 is 23.2 Å². The molecule has 0 heterocycles. The Morgan fingerprint density at radius 2 is 1.96 bits per heavy atom. The van der Waals surface area contributed by atoms with E-state index in [1.165, 1.54) is 18.2 Å². The van der Waals surface area contributed by atoms with Crippen LogP contribution in [-0.2, 0) is 16.1 Å². The number of halogens is 2. The van der Waals surface area contributed by atoms with Crippen molar-refractivity contribution in [2.24, 2.45) is 5.92 Å². The molecule has 0 aromatic heterocycles. The second kappa shape index (κ2) is 8.34. The van der Waals surface area contributed by atoms with Gasteiger partial charge < -0.3 is 0 Å². The van der Waals surface area contributed by atoms with Gasteiger partial charge in [-0.25, -0.2) is 4.39 Å². The number of nitrogens with zero attached hydrogens (tertiary/aromatic N) is 1. The minimum Gasteiger partial charge on any atom is -0.275 e. The average molecular weight is 375 g/mol. The van der Waals surface area contributed by atoms with Crippen LogP contribution in [0.4, 0.5) is 10.1 Å². The number of nitrogens with one attached hydrogen (secondary N) is 1. The molecule has 26 heavy (non-hydrogen) atoms. The molecule has 136 valence electrons. The number of amides is 1. The van der Waals surface area contributed by atoms with Crippen LogP contribution in [0, 0.1) is 11.7 Å². The maximum atomic E-state index is 14.4. The van der Waals surface area contributed by atoms with Crippen LogP contribution in [0.15, 0.2) is 60.9 Å². The summed E-state index contributed by atoms with van der Waals surface area (Å²) in [5.41, 5.74) is 3.43. The zero-order chi connectivity index (χ0) is 18.5. The lowest BCUT2D eigenvalue weighted by Gasteiger charge is -2.26. The summed E-state index contributed by atoms with van der Waals surface area (Å²) in [6.07, 6.45) is 2.34. The molecule has 0 spiro atoms. The van der Waals surface area contributed by atoms with Crippen molar-refractivity contribution in [2.45, 2.75) is 19.3 Å². The Morgan fingerprint density at radius 1 is 1.23 bits per heavy atom. The summed E-state index contributed by atoms with van der Waals surface area (Å²) in [5.74, 6) is -0.320. The molecule has 0 atom stereocenters. The average Bonchev–Trinajstić information content (AvgIpc) is 3.43. The highest BCUT2D eigenvalue weighted by molar-refractivity contribution is 6.34. The topological polar surface area (TPSA) is 41.6 Å². The molecule has 0 radical (unpaired) electrons. The Balaban J connectivity index is 1.82. The van der Waals surface area contributed by atoms with Crippen molar-refractivity contribution in [3.63, 3.8) is 0 Å². The predicted octanol–water partition coefficient (Wildman–Crippen LogP) is 4.46. The van der Waals surface area contributed by atoms with Crippen molar-refractivity contribution < 1.29 is 14.0 Å². The fourth-order valence-electron chi connectivity index (χ4n) is 2.54. The van der Waals surface area contributed by atoms with Crippen molar-refractivity contribution in [1.29, 1.82) is 0 Å². The van der Waals surface area contributed by atoms with Gasteiger partial charge >= 0.3 is 0 Å². The van der Waals surface area contributed by atoms with Crippen LogP contribution in [-0.4, -0.2) is 12.5 Å².